The SMILES string of the molecule is CCNCc1cc(-c2nccn2C)ccc1OC. The predicted octanol–water partition coefficient (Wildman–Crippen LogP) is 2.21. The normalized spacial score (nSPS) is 10.6. The van der Waals surface area contributed by atoms with Crippen molar-refractivity contribution in [3.63, 3.8) is 0 Å². The van der Waals surface area contributed by atoms with E-state index in [4.69, 9.17) is 4.74 Å². The average Bonchev–Trinajstić information content (AvgIpc) is 2.82. The number of hydrogen-bond acceptors (Lipinski definition) is 3. The molecule has 18 heavy (non-hydrogen) atoms. The molecule has 0 aliphatic rings. The molecule has 0 amide bonds. The Morgan fingerprint density at radius 2 is 2.22 bits per heavy atom. The highest BCUT2D eigenvalue weighted by atomic mass is 16.5. The van der Waals surface area contributed by atoms with Crippen molar-refractivity contribution >= 4 is 0 Å². The Kier molecular flexibility index (Phi) is 3.99. The van der Waals surface area contributed by atoms with Gasteiger partial charge in [-0.25, -0.2) is 4.98 Å². The van der Waals surface area contributed by atoms with Gasteiger partial charge in [0.1, 0.15) is 11.6 Å². The number of aryl methyl sites for hydroxylation is 1. The molecule has 0 saturated carbocycles. The van der Waals surface area contributed by atoms with Crippen LogP contribution in [0.15, 0.2) is 30.6 Å². The molecule has 0 radical (unpaired) electrons. The van der Waals surface area contributed by atoms with Crippen LogP contribution in [0, 0.1) is 0 Å². The van der Waals surface area contributed by atoms with E-state index < -0.39 is 0 Å². The van der Waals surface area contributed by atoms with E-state index in [1.54, 1.807) is 7.11 Å². The summed E-state index contributed by atoms with van der Waals surface area (Å²) in [5, 5.41) is 3.32. The molecule has 2 aromatic rings. The molecular formula is C14H19N3O. The fraction of sp³-hybridized carbons (Fsp3) is 0.357. The van der Waals surface area contributed by atoms with E-state index in [1.165, 1.54) is 0 Å². The number of hydrogen-bond donors (Lipinski definition) is 1. The molecule has 2 rings (SSSR count). The average molecular weight is 245 g/mol. The van der Waals surface area contributed by atoms with Crippen LogP contribution >= 0.6 is 0 Å². The van der Waals surface area contributed by atoms with E-state index in [2.05, 4.69) is 23.3 Å². The molecular weight excluding hydrogens is 226 g/mol. The number of nitrogens with one attached hydrogen (secondary N) is 1. The zero-order valence-electron chi connectivity index (χ0n) is 11.1. The van der Waals surface area contributed by atoms with Crippen LogP contribution in [-0.2, 0) is 13.6 Å². The lowest BCUT2D eigenvalue weighted by atomic mass is 10.1. The zero-order valence-corrected chi connectivity index (χ0v) is 11.1. The van der Waals surface area contributed by atoms with Gasteiger partial charge in [0.25, 0.3) is 0 Å². The van der Waals surface area contributed by atoms with Crippen LogP contribution in [0.3, 0.4) is 0 Å². The fourth-order valence-corrected chi connectivity index (χ4v) is 1.96. The molecule has 1 N–H and O–H groups in total. The summed E-state index contributed by atoms with van der Waals surface area (Å²) in [6.45, 7) is 3.84. The highest BCUT2D eigenvalue weighted by Crippen LogP contribution is 2.25. The molecule has 0 aliphatic carbocycles. The molecule has 0 fully saturated rings. The Hall–Kier alpha value is -1.81. The highest BCUT2D eigenvalue weighted by molar-refractivity contribution is 5.59. The number of aromatic nitrogens is 2. The Labute approximate surface area is 108 Å². The van der Waals surface area contributed by atoms with E-state index >= 15 is 0 Å². The molecule has 0 atom stereocenters. The number of benzene rings is 1. The van der Waals surface area contributed by atoms with Crippen molar-refractivity contribution < 1.29 is 4.74 Å². The lowest BCUT2D eigenvalue weighted by Crippen LogP contribution is -2.12. The molecule has 1 aromatic heterocycles. The third-order valence-electron chi connectivity index (χ3n) is 2.93. The quantitative estimate of drug-likeness (QED) is 0.877. The Bertz CT molecular complexity index is 520. The van der Waals surface area contributed by atoms with Crippen LogP contribution in [-0.4, -0.2) is 23.2 Å². The lowest BCUT2D eigenvalue weighted by molar-refractivity contribution is 0.408. The maximum atomic E-state index is 5.38. The van der Waals surface area contributed by atoms with Crippen LogP contribution in [0.5, 0.6) is 5.75 Å². The van der Waals surface area contributed by atoms with E-state index in [1.807, 2.05) is 36.1 Å². The zero-order chi connectivity index (χ0) is 13.0. The predicted molar refractivity (Wildman–Crippen MR) is 72.6 cm³/mol. The second-order valence-corrected chi connectivity index (χ2v) is 4.17. The Morgan fingerprint density at radius 3 is 2.83 bits per heavy atom. The maximum absolute atomic E-state index is 5.38. The van der Waals surface area contributed by atoms with Crippen molar-refractivity contribution in [1.29, 1.82) is 0 Å². The highest BCUT2D eigenvalue weighted by Gasteiger charge is 2.08. The number of nitrogens with zero attached hydrogens (tertiary/aromatic N) is 2. The fourth-order valence-electron chi connectivity index (χ4n) is 1.96. The van der Waals surface area contributed by atoms with Crippen LogP contribution in [0.1, 0.15) is 12.5 Å². The lowest BCUT2D eigenvalue weighted by Gasteiger charge is -2.11. The minimum atomic E-state index is 0.804. The first-order chi connectivity index (χ1) is 8.76. The van der Waals surface area contributed by atoms with Gasteiger partial charge in [0.15, 0.2) is 0 Å². The van der Waals surface area contributed by atoms with Gasteiger partial charge in [-0.3, -0.25) is 0 Å². The molecule has 0 bridgehead atoms. The van der Waals surface area contributed by atoms with Gasteiger partial charge in [-0.1, -0.05) is 6.92 Å². The molecule has 1 aromatic carbocycles. The smallest absolute Gasteiger partial charge is 0.139 e. The maximum Gasteiger partial charge on any atom is 0.139 e. The standard InChI is InChI=1S/C14H19N3O/c1-4-15-10-12-9-11(5-6-13(12)18-3)14-16-7-8-17(14)2/h5-9,15H,4,10H2,1-3H3. The topological polar surface area (TPSA) is 39.1 Å². The molecule has 1 heterocycles. The minimum absolute atomic E-state index is 0.804. The van der Waals surface area contributed by atoms with Crippen molar-refractivity contribution in [2.24, 2.45) is 7.05 Å². The summed E-state index contributed by atoms with van der Waals surface area (Å²) in [4.78, 5) is 4.36. The van der Waals surface area contributed by atoms with Crippen molar-refractivity contribution in [2.75, 3.05) is 13.7 Å². The molecule has 4 heteroatoms. The Morgan fingerprint density at radius 1 is 1.39 bits per heavy atom. The van der Waals surface area contributed by atoms with E-state index in [-0.39, 0.29) is 0 Å². The van der Waals surface area contributed by atoms with Crippen LogP contribution in [0.25, 0.3) is 11.4 Å². The van der Waals surface area contributed by atoms with Crippen LogP contribution < -0.4 is 10.1 Å². The third-order valence-corrected chi connectivity index (χ3v) is 2.93. The van der Waals surface area contributed by atoms with E-state index in [9.17, 15) is 0 Å². The van der Waals surface area contributed by atoms with Crippen molar-refractivity contribution in [3.05, 3.63) is 36.2 Å². The van der Waals surface area contributed by atoms with Gasteiger partial charge in [-0.15, -0.1) is 0 Å². The Balaban J connectivity index is 2.36. The first-order valence-corrected chi connectivity index (χ1v) is 6.11. The van der Waals surface area contributed by atoms with Gasteiger partial charge in [-0.2, -0.15) is 0 Å². The summed E-state index contributed by atoms with van der Waals surface area (Å²) >= 11 is 0. The van der Waals surface area contributed by atoms with E-state index in [0.29, 0.717) is 0 Å². The monoisotopic (exact) mass is 245 g/mol. The number of ether oxygens (including phenoxy) is 1. The summed E-state index contributed by atoms with van der Waals surface area (Å²) in [5.74, 6) is 1.88. The third kappa shape index (κ3) is 2.54. The number of rotatable bonds is 5. The largest absolute Gasteiger partial charge is 0.496 e. The molecule has 0 saturated heterocycles. The van der Waals surface area contributed by atoms with Crippen LogP contribution in [0.4, 0.5) is 0 Å². The summed E-state index contributed by atoms with van der Waals surface area (Å²) < 4.78 is 7.39. The minimum Gasteiger partial charge on any atom is -0.496 e. The summed E-state index contributed by atoms with van der Waals surface area (Å²) in [5.41, 5.74) is 2.26. The summed E-state index contributed by atoms with van der Waals surface area (Å²) in [6.07, 6.45) is 3.76. The van der Waals surface area contributed by atoms with Gasteiger partial charge in [0, 0.05) is 37.1 Å². The first kappa shape index (κ1) is 12.6. The molecule has 0 spiro atoms. The second-order valence-electron chi connectivity index (χ2n) is 4.17. The first-order valence-electron chi connectivity index (χ1n) is 6.11. The second kappa shape index (κ2) is 5.69. The van der Waals surface area contributed by atoms with Crippen molar-refractivity contribution in [2.45, 2.75) is 13.5 Å². The van der Waals surface area contributed by atoms with Gasteiger partial charge in [-0.05, 0) is 24.7 Å². The molecule has 96 valence electrons. The molecule has 0 unspecified atom stereocenters. The number of imidazole rings is 1. The summed E-state index contributed by atoms with van der Waals surface area (Å²) in [6, 6.07) is 6.16. The van der Waals surface area contributed by atoms with Crippen LogP contribution in [0.2, 0.25) is 0 Å². The van der Waals surface area contributed by atoms with Gasteiger partial charge in [0.2, 0.25) is 0 Å². The van der Waals surface area contributed by atoms with Crippen molar-refractivity contribution in [3.8, 4) is 17.1 Å². The number of methoxy groups -OCH3 is 1. The molecule has 0 aliphatic heterocycles. The van der Waals surface area contributed by atoms with Gasteiger partial charge < -0.3 is 14.6 Å². The van der Waals surface area contributed by atoms with Gasteiger partial charge >= 0.3 is 0 Å². The van der Waals surface area contributed by atoms with Gasteiger partial charge in [0.05, 0.1) is 7.11 Å². The van der Waals surface area contributed by atoms with E-state index in [0.717, 1.165) is 35.8 Å². The summed E-state index contributed by atoms with van der Waals surface area (Å²) in [7, 11) is 3.70. The van der Waals surface area contributed by atoms with Crippen molar-refractivity contribution in [1.82, 2.24) is 14.9 Å². The molecule has 4 nitrogen and oxygen atoms in total.